The summed E-state index contributed by atoms with van der Waals surface area (Å²) in [7, 11) is 0. The predicted molar refractivity (Wildman–Crippen MR) is 132 cm³/mol. The van der Waals surface area contributed by atoms with E-state index in [0.29, 0.717) is 29.5 Å². The van der Waals surface area contributed by atoms with Crippen molar-refractivity contribution in [1.82, 2.24) is 29.6 Å². The van der Waals surface area contributed by atoms with Gasteiger partial charge < -0.3 is 9.88 Å². The number of nitrogens with zero attached hydrogens (tertiary/aromatic N) is 5. The monoisotopic (exact) mass is 450 g/mol. The topological polar surface area (TPSA) is 77.6 Å². The number of carbonyl (C=O) groups excluding carboxylic acids is 1. The first-order chi connectivity index (χ1) is 16.7. The molecule has 1 fully saturated rings. The summed E-state index contributed by atoms with van der Waals surface area (Å²) in [6.07, 6.45) is 6.92. The van der Waals surface area contributed by atoms with E-state index in [-0.39, 0.29) is 5.91 Å². The minimum absolute atomic E-state index is 0.0738. The molecule has 34 heavy (non-hydrogen) atoms. The van der Waals surface area contributed by atoms with E-state index in [1.807, 2.05) is 31.2 Å². The van der Waals surface area contributed by atoms with Crippen molar-refractivity contribution < 1.29 is 4.79 Å². The molecule has 1 aromatic carbocycles. The second-order valence-corrected chi connectivity index (χ2v) is 8.93. The highest BCUT2D eigenvalue weighted by Gasteiger charge is 2.29. The van der Waals surface area contributed by atoms with Crippen molar-refractivity contribution in [3.63, 3.8) is 0 Å². The Balaban J connectivity index is 1.25. The van der Waals surface area contributed by atoms with Crippen LogP contribution < -0.4 is 5.32 Å². The van der Waals surface area contributed by atoms with Gasteiger partial charge in [-0.1, -0.05) is 24.3 Å². The molecular formula is C27H26N6O. The summed E-state index contributed by atoms with van der Waals surface area (Å²) < 4.78 is 3.99. The highest BCUT2D eigenvalue weighted by molar-refractivity contribution is 6.06. The number of nitrogens with one attached hydrogen (secondary N) is 1. The van der Waals surface area contributed by atoms with Gasteiger partial charge in [0.05, 0.1) is 16.6 Å². The largest absolute Gasteiger partial charge is 0.352 e. The molecule has 6 rings (SSSR count). The number of benzene rings is 1. The zero-order chi connectivity index (χ0) is 23.1. The molecule has 7 nitrogen and oxygen atoms in total. The average molecular weight is 451 g/mol. The molecule has 7 heteroatoms. The molecule has 1 N–H and O–H groups in total. The van der Waals surface area contributed by atoms with Crippen molar-refractivity contribution in [3.8, 4) is 5.82 Å². The molecule has 1 aliphatic carbocycles. The highest BCUT2D eigenvalue weighted by Crippen LogP contribution is 2.40. The first kappa shape index (κ1) is 20.6. The number of hydrogen-bond acceptors (Lipinski definition) is 4. The SMILES string of the molecule is Cc1nn(-c2ccccn2)c2nc(C3CC3)cc(C(=O)NCCCn3ccc4ccccc43)c12. The molecule has 5 aromatic rings. The van der Waals surface area contributed by atoms with Crippen LogP contribution in [0.4, 0.5) is 0 Å². The Morgan fingerprint density at radius 3 is 2.79 bits per heavy atom. The second kappa shape index (κ2) is 8.41. The number of carbonyl (C=O) groups is 1. The third-order valence-corrected chi connectivity index (χ3v) is 6.48. The number of hydrogen-bond donors (Lipinski definition) is 1. The molecule has 0 unspecified atom stereocenters. The molecule has 1 aliphatic rings. The maximum Gasteiger partial charge on any atom is 0.252 e. The van der Waals surface area contributed by atoms with E-state index in [1.54, 1.807) is 10.9 Å². The predicted octanol–water partition coefficient (Wildman–Crippen LogP) is 4.78. The zero-order valence-electron chi connectivity index (χ0n) is 19.1. The minimum Gasteiger partial charge on any atom is -0.352 e. The van der Waals surface area contributed by atoms with Gasteiger partial charge >= 0.3 is 0 Å². The van der Waals surface area contributed by atoms with Gasteiger partial charge in [0, 0.05) is 42.6 Å². The fourth-order valence-electron chi connectivity index (χ4n) is 4.60. The molecule has 4 aromatic heterocycles. The highest BCUT2D eigenvalue weighted by atomic mass is 16.1. The molecule has 4 heterocycles. The third-order valence-electron chi connectivity index (χ3n) is 6.48. The van der Waals surface area contributed by atoms with Gasteiger partial charge in [-0.05, 0) is 61.9 Å². The molecule has 1 amide bonds. The van der Waals surface area contributed by atoms with Crippen LogP contribution in [0.2, 0.25) is 0 Å². The van der Waals surface area contributed by atoms with Crippen LogP contribution in [-0.4, -0.2) is 36.8 Å². The molecule has 0 spiro atoms. The smallest absolute Gasteiger partial charge is 0.252 e. The molecular weight excluding hydrogens is 424 g/mol. The van der Waals surface area contributed by atoms with E-state index in [4.69, 9.17) is 10.1 Å². The minimum atomic E-state index is -0.0738. The third kappa shape index (κ3) is 3.73. The van der Waals surface area contributed by atoms with E-state index in [0.717, 1.165) is 42.6 Å². The first-order valence-corrected chi connectivity index (χ1v) is 11.8. The average Bonchev–Trinajstić information content (AvgIpc) is 3.57. The standard InChI is InChI=1S/C27H26N6O/c1-18-25-21(27(34)29-14-6-15-32-16-12-20-7-2-3-8-23(20)32)17-22(19-10-11-19)30-26(25)33(31-18)24-9-4-5-13-28-24/h2-5,7-9,12-13,16-17,19H,6,10-11,14-15H2,1H3,(H,29,34). The number of para-hydroxylation sites is 1. The maximum atomic E-state index is 13.3. The van der Waals surface area contributed by atoms with Gasteiger partial charge in [-0.3, -0.25) is 4.79 Å². The summed E-state index contributed by atoms with van der Waals surface area (Å²) in [5.41, 5.74) is 4.31. The molecule has 0 bridgehead atoms. The van der Waals surface area contributed by atoms with E-state index < -0.39 is 0 Å². The van der Waals surface area contributed by atoms with Gasteiger partial charge in [0.25, 0.3) is 5.91 Å². The van der Waals surface area contributed by atoms with E-state index in [1.165, 1.54) is 10.9 Å². The lowest BCUT2D eigenvalue weighted by Crippen LogP contribution is -2.25. The van der Waals surface area contributed by atoms with Gasteiger partial charge in [0.15, 0.2) is 11.5 Å². The fourth-order valence-corrected chi connectivity index (χ4v) is 4.60. The Morgan fingerprint density at radius 1 is 1.12 bits per heavy atom. The molecule has 170 valence electrons. The Labute approximate surface area is 197 Å². The quantitative estimate of drug-likeness (QED) is 0.362. The van der Waals surface area contributed by atoms with Crippen LogP contribution in [0.3, 0.4) is 0 Å². The summed E-state index contributed by atoms with van der Waals surface area (Å²) in [6, 6.07) is 18.2. The Kier molecular flexibility index (Phi) is 5.09. The molecule has 0 atom stereocenters. The van der Waals surface area contributed by atoms with Gasteiger partial charge in [-0.25, -0.2) is 9.97 Å². The van der Waals surface area contributed by atoms with Crippen molar-refractivity contribution in [3.05, 3.63) is 83.9 Å². The second-order valence-electron chi connectivity index (χ2n) is 8.93. The van der Waals surface area contributed by atoms with Crippen LogP contribution in [0.25, 0.3) is 27.8 Å². The molecule has 1 saturated carbocycles. The number of rotatable bonds is 7. The van der Waals surface area contributed by atoms with Crippen LogP contribution in [0.15, 0.2) is 67.0 Å². The Bertz CT molecular complexity index is 1500. The molecule has 0 aliphatic heterocycles. The summed E-state index contributed by atoms with van der Waals surface area (Å²) in [5, 5.41) is 9.85. The molecule has 0 radical (unpaired) electrons. The van der Waals surface area contributed by atoms with Crippen LogP contribution >= 0.6 is 0 Å². The summed E-state index contributed by atoms with van der Waals surface area (Å²) in [6.45, 7) is 3.37. The van der Waals surface area contributed by atoms with Gasteiger partial charge in [0.2, 0.25) is 0 Å². The van der Waals surface area contributed by atoms with Crippen LogP contribution in [0.5, 0.6) is 0 Å². The van der Waals surface area contributed by atoms with Crippen molar-refractivity contribution in [2.45, 2.75) is 38.6 Å². The maximum absolute atomic E-state index is 13.3. The Morgan fingerprint density at radius 2 is 1.97 bits per heavy atom. The number of amides is 1. The van der Waals surface area contributed by atoms with Gasteiger partial charge in [-0.15, -0.1) is 0 Å². The normalized spacial score (nSPS) is 13.6. The zero-order valence-corrected chi connectivity index (χ0v) is 19.1. The first-order valence-electron chi connectivity index (χ1n) is 11.8. The van der Waals surface area contributed by atoms with E-state index in [9.17, 15) is 4.79 Å². The number of fused-ring (bicyclic) bond motifs is 2. The number of aryl methyl sites for hydroxylation is 2. The van der Waals surface area contributed by atoms with Crippen molar-refractivity contribution >= 4 is 27.8 Å². The van der Waals surface area contributed by atoms with Crippen LogP contribution in [0, 0.1) is 6.92 Å². The summed E-state index contributed by atoms with van der Waals surface area (Å²) in [4.78, 5) is 22.7. The lowest BCUT2D eigenvalue weighted by Gasteiger charge is -2.10. The van der Waals surface area contributed by atoms with Crippen molar-refractivity contribution in [1.29, 1.82) is 0 Å². The summed E-state index contributed by atoms with van der Waals surface area (Å²) >= 11 is 0. The lowest BCUT2D eigenvalue weighted by molar-refractivity contribution is 0.0954. The van der Waals surface area contributed by atoms with E-state index in [2.05, 4.69) is 51.4 Å². The Hall–Kier alpha value is -4.00. The van der Waals surface area contributed by atoms with Gasteiger partial charge in [-0.2, -0.15) is 9.78 Å². The number of aromatic nitrogens is 5. The molecule has 0 saturated heterocycles. The van der Waals surface area contributed by atoms with Crippen LogP contribution in [0.1, 0.15) is 46.9 Å². The van der Waals surface area contributed by atoms with Crippen molar-refractivity contribution in [2.75, 3.05) is 6.54 Å². The number of pyridine rings is 2. The van der Waals surface area contributed by atoms with E-state index >= 15 is 0 Å². The van der Waals surface area contributed by atoms with Crippen LogP contribution in [-0.2, 0) is 6.54 Å². The van der Waals surface area contributed by atoms with Crippen molar-refractivity contribution in [2.24, 2.45) is 0 Å². The fraction of sp³-hybridized carbons (Fsp3) is 0.259. The summed E-state index contributed by atoms with van der Waals surface area (Å²) in [5.74, 6) is 1.05. The lowest BCUT2D eigenvalue weighted by atomic mass is 10.1. The van der Waals surface area contributed by atoms with Gasteiger partial charge in [0.1, 0.15) is 0 Å².